The van der Waals surface area contributed by atoms with Gasteiger partial charge in [-0.15, -0.1) is 0 Å². The number of carboxylic acid groups (broad SMARTS) is 1. The first kappa shape index (κ1) is 8.62. The average molecular weight is 188 g/mol. The van der Waals surface area contributed by atoms with E-state index < -0.39 is 5.97 Å². The molecule has 0 fully saturated rings. The molecule has 0 aliphatic carbocycles. The Morgan fingerprint density at radius 2 is 2.14 bits per heavy atom. The Kier molecular flexibility index (Phi) is 2.10. The first-order chi connectivity index (χ1) is 6.77. The van der Waals surface area contributed by atoms with E-state index in [9.17, 15) is 4.79 Å². The minimum atomic E-state index is -0.944. The third-order valence-electron chi connectivity index (χ3n) is 2.03. The molecule has 1 N–H and O–H groups in total. The maximum Gasteiger partial charge on any atom is 0.333 e. The summed E-state index contributed by atoms with van der Waals surface area (Å²) in [6.07, 6.45) is 1.67. The topological polar surface area (TPSA) is 62.0 Å². The standard InChI is InChI=1S/C10H8N2O2/c13-10(14)8-5-7-3-1-2-4-9(7)12-11-6-8/h1-4,6H,5H2,(H,13,14). The van der Waals surface area contributed by atoms with E-state index >= 15 is 0 Å². The predicted octanol–water partition coefficient (Wildman–Crippen LogP) is 2.29. The number of fused-ring (bicyclic) bond motifs is 1. The summed E-state index contributed by atoms with van der Waals surface area (Å²) in [5.74, 6) is -0.944. The summed E-state index contributed by atoms with van der Waals surface area (Å²) in [6, 6.07) is 7.39. The summed E-state index contributed by atoms with van der Waals surface area (Å²) in [4.78, 5) is 10.7. The number of hydrogen-bond donors (Lipinski definition) is 1. The number of benzene rings is 1. The first-order valence-electron chi connectivity index (χ1n) is 4.18. The van der Waals surface area contributed by atoms with E-state index in [1.54, 1.807) is 0 Å². The number of rotatable bonds is 1. The highest BCUT2D eigenvalue weighted by Crippen LogP contribution is 2.24. The lowest BCUT2D eigenvalue weighted by Crippen LogP contribution is -2.02. The molecule has 1 aromatic carbocycles. The third kappa shape index (κ3) is 1.54. The van der Waals surface area contributed by atoms with E-state index in [2.05, 4.69) is 10.2 Å². The van der Waals surface area contributed by atoms with Crippen LogP contribution in [0, 0.1) is 0 Å². The maximum atomic E-state index is 10.7. The van der Waals surface area contributed by atoms with Crippen molar-refractivity contribution in [2.24, 2.45) is 10.2 Å². The minimum Gasteiger partial charge on any atom is -0.478 e. The molecular weight excluding hydrogens is 180 g/mol. The molecule has 4 nitrogen and oxygen atoms in total. The van der Waals surface area contributed by atoms with Crippen LogP contribution < -0.4 is 0 Å². The Morgan fingerprint density at radius 1 is 1.36 bits per heavy atom. The SMILES string of the molecule is O=C(O)C1=CN=Nc2ccccc2C1. The normalized spacial score (nSPS) is 14.1. The van der Waals surface area contributed by atoms with Crippen molar-refractivity contribution in [3.8, 4) is 0 Å². The molecule has 0 atom stereocenters. The molecule has 0 radical (unpaired) electrons. The van der Waals surface area contributed by atoms with Gasteiger partial charge in [0.2, 0.25) is 0 Å². The Hall–Kier alpha value is -1.97. The number of nitrogens with zero attached hydrogens (tertiary/aromatic N) is 2. The van der Waals surface area contributed by atoms with Gasteiger partial charge in [-0.05, 0) is 11.6 Å². The van der Waals surface area contributed by atoms with Crippen LogP contribution in [0.1, 0.15) is 5.56 Å². The first-order valence-corrected chi connectivity index (χ1v) is 4.18. The Balaban J connectivity index is 2.42. The number of carbonyl (C=O) groups is 1. The van der Waals surface area contributed by atoms with E-state index in [1.165, 1.54) is 6.20 Å². The highest BCUT2D eigenvalue weighted by molar-refractivity contribution is 5.87. The molecule has 70 valence electrons. The lowest BCUT2D eigenvalue weighted by Gasteiger charge is -2.01. The molecule has 0 unspecified atom stereocenters. The van der Waals surface area contributed by atoms with Gasteiger partial charge in [0.05, 0.1) is 17.5 Å². The van der Waals surface area contributed by atoms with Gasteiger partial charge in [0.25, 0.3) is 0 Å². The lowest BCUT2D eigenvalue weighted by atomic mass is 10.0. The third-order valence-corrected chi connectivity index (χ3v) is 2.03. The van der Waals surface area contributed by atoms with Gasteiger partial charge in [-0.25, -0.2) is 4.79 Å². The van der Waals surface area contributed by atoms with Crippen molar-refractivity contribution in [2.75, 3.05) is 0 Å². The van der Waals surface area contributed by atoms with Crippen molar-refractivity contribution in [2.45, 2.75) is 6.42 Å². The molecule has 0 bridgehead atoms. The van der Waals surface area contributed by atoms with Crippen molar-refractivity contribution in [1.29, 1.82) is 0 Å². The second kappa shape index (κ2) is 3.41. The molecule has 2 rings (SSSR count). The fourth-order valence-corrected chi connectivity index (χ4v) is 1.30. The highest BCUT2D eigenvalue weighted by atomic mass is 16.4. The zero-order valence-corrected chi connectivity index (χ0v) is 7.34. The molecule has 1 aliphatic rings. The van der Waals surface area contributed by atoms with Crippen LogP contribution in [-0.4, -0.2) is 11.1 Å². The van der Waals surface area contributed by atoms with Crippen molar-refractivity contribution in [1.82, 2.24) is 0 Å². The van der Waals surface area contributed by atoms with Gasteiger partial charge in [0, 0.05) is 6.42 Å². The zero-order valence-electron chi connectivity index (χ0n) is 7.34. The van der Waals surface area contributed by atoms with Crippen LogP contribution in [0.2, 0.25) is 0 Å². The summed E-state index contributed by atoms with van der Waals surface area (Å²) in [5, 5.41) is 16.4. The molecule has 0 spiro atoms. The summed E-state index contributed by atoms with van der Waals surface area (Å²) >= 11 is 0. The fourth-order valence-electron chi connectivity index (χ4n) is 1.30. The lowest BCUT2D eigenvalue weighted by molar-refractivity contribution is -0.132. The molecule has 1 aliphatic heterocycles. The van der Waals surface area contributed by atoms with Gasteiger partial charge in [-0.2, -0.15) is 10.2 Å². The number of aliphatic carboxylic acids is 1. The second-order valence-corrected chi connectivity index (χ2v) is 2.98. The monoisotopic (exact) mass is 188 g/mol. The van der Waals surface area contributed by atoms with Gasteiger partial charge < -0.3 is 5.11 Å². The molecule has 0 aromatic heterocycles. The summed E-state index contributed by atoms with van der Waals surface area (Å²) in [7, 11) is 0. The van der Waals surface area contributed by atoms with Crippen molar-refractivity contribution < 1.29 is 9.90 Å². The zero-order chi connectivity index (χ0) is 9.97. The van der Waals surface area contributed by atoms with Gasteiger partial charge >= 0.3 is 5.97 Å². The minimum absolute atomic E-state index is 0.263. The number of hydrogen-bond acceptors (Lipinski definition) is 3. The van der Waals surface area contributed by atoms with Crippen molar-refractivity contribution in [3.05, 3.63) is 41.6 Å². The van der Waals surface area contributed by atoms with Crippen molar-refractivity contribution >= 4 is 11.7 Å². The van der Waals surface area contributed by atoms with Gasteiger partial charge in [0.1, 0.15) is 0 Å². The van der Waals surface area contributed by atoms with E-state index in [0.717, 1.165) is 11.3 Å². The quantitative estimate of drug-likeness (QED) is 0.734. The molecular formula is C10H8N2O2. The number of azo groups is 1. The molecule has 0 saturated heterocycles. The van der Waals surface area contributed by atoms with Crippen LogP contribution >= 0.6 is 0 Å². The number of carboxylic acids is 1. The summed E-state index contributed by atoms with van der Waals surface area (Å²) < 4.78 is 0. The van der Waals surface area contributed by atoms with Gasteiger partial charge in [-0.1, -0.05) is 18.2 Å². The highest BCUT2D eigenvalue weighted by Gasteiger charge is 2.12. The van der Waals surface area contributed by atoms with Crippen LogP contribution in [-0.2, 0) is 11.2 Å². The Bertz CT molecular complexity index is 436. The van der Waals surface area contributed by atoms with Gasteiger partial charge in [0.15, 0.2) is 0 Å². The fraction of sp³-hybridized carbons (Fsp3) is 0.100. The van der Waals surface area contributed by atoms with Crippen LogP contribution in [0.3, 0.4) is 0 Å². The van der Waals surface area contributed by atoms with Crippen LogP contribution in [0.5, 0.6) is 0 Å². The molecule has 1 aromatic rings. The Labute approximate surface area is 80.6 Å². The molecule has 4 heteroatoms. The van der Waals surface area contributed by atoms with E-state index in [-0.39, 0.29) is 5.57 Å². The summed E-state index contributed by atoms with van der Waals surface area (Å²) in [5.41, 5.74) is 1.89. The molecule has 0 saturated carbocycles. The van der Waals surface area contributed by atoms with Gasteiger partial charge in [-0.3, -0.25) is 0 Å². The Morgan fingerprint density at radius 3 is 2.93 bits per heavy atom. The van der Waals surface area contributed by atoms with E-state index in [1.807, 2.05) is 24.3 Å². The molecule has 0 amide bonds. The predicted molar refractivity (Wildman–Crippen MR) is 50.4 cm³/mol. The van der Waals surface area contributed by atoms with E-state index in [4.69, 9.17) is 5.11 Å². The largest absolute Gasteiger partial charge is 0.478 e. The summed E-state index contributed by atoms with van der Waals surface area (Å²) in [6.45, 7) is 0. The van der Waals surface area contributed by atoms with Crippen molar-refractivity contribution in [3.63, 3.8) is 0 Å². The van der Waals surface area contributed by atoms with Crippen LogP contribution in [0.25, 0.3) is 0 Å². The molecule has 1 heterocycles. The second-order valence-electron chi connectivity index (χ2n) is 2.98. The van der Waals surface area contributed by atoms with Crippen LogP contribution in [0.15, 0.2) is 46.3 Å². The average Bonchev–Trinajstić information content (AvgIpc) is 2.39. The van der Waals surface area contributed by atoms with Crippen LogP contribution in [0.4, 0.5) is 5.69 Å². The smallest absolute Gasteiger partial charge is 0.333 e. The van der Waals surface area contributed by atoms with E-state index in [0.29, 0.717) is 6.42 Å². The molecule has 14 heavy (non-hydrogen) atoms. The maximum absolute atomic E-state index is 10.7.